The van der Waals surface area contributed by atoms with E-state index in [1.54, 1.807) is 12.1 Å². The van der Waals surface area contributed by atoms with Crippen molar-refractivity contribution in [2.24, 2.45) is 4.99 Å². The van der Waals surface area contributed by atoms with Gasteiger partial charge in [-0.1, -0.05) is 13.0 Å². The van der Waals surface area contributed by atoms with Crippen LogP contribution in [0.1, 0.15) is 41.0 Å². The zero-order chi connectivity index (χ0) is 19.6. The van der Waals surface area contributed by atoms with E-state index in [0.29, 0.717) is 24.8 Å². The lowest BCUT2D eigenvalue weighted by Gasteiger charge is -2.21. The minimum Gasteiger partial charge on any atom is -0.489 e. The Morgan fingerprint density at radius 2 is 1.96 bits per heavy atom. The Kier molecular flexibility index (Phi) is 12.0. The van der Waals surface area contributed by atoms with Crippen molar-refractivity contribution in [3.05, 3.63) is 30.1 Å². The van der Waals surface area contributed by atoms with Gasteiger partial charge in [0.15, 0.2) is 5.96 Å². The Labute approximate surface area is 178 Å². The number of ether oxygens (including phenoxy) is 1. The number of nitrogens with zero attached hydrogens (tertiary/aromatic N) is 1. The van der Waals surface area contributed by atoms with Crippen molar-refractivity contribution >= 4 is 35.8 Å². The molecule has 1 atom stereocenters. The number of guanidine groups is 1. The number of carbonyl (C=O) groups excluding carboxylic acids is 1. The Morgan fingerprint density at radius 3 is 2.52 bits per heavy atom. The fraction of sp³-hybridized carbons (Fsp3) is 0.579. The smallest absolute Gasteiger partial charge is 0.242 e. The van der Waals surface area contributed by atoms with Gasteiger partial charge in [-0.3, -0.25) is 4.79 Å². The van der Waals surface area contributed by atoms with Gasteiger partial charge in [0.1, 0.15) is 24.2 Å². The number of amides is 1. The molecule has 27 heavy (non-hydrogen) atoms. The van der Waals surface area contributed by atoms with E-state index in [1.807, 2.05) is 34.6 Å². The topological polar surface area (TPSA) is 74.8 Å². The number of aliphatic imine (C=N–C) groups is 1. The highest BCUT2D eigenvalue weighted by Gasteiger charge is 2.14. The lowest BCUT2D eigenvalue weighted by Crippen LogP contribution is -2.44. The average Bonchev–Trinajstić information content (AvgIpc) is 2.54. The maximum absolute atomic E-state index is 13.3. The van der Waals surface area contributed by atoms with Crippen LogP contribution in [-0.4, -0.2) is 43.1 Å². The van der Waals surface area contributed by atoms with Crippen molar-refractivity contribution in [3.8, 4) is 5.75 Å². The number of hydrogen-bond acceptors (Lipinski definition) is 3. The predicted molar refractivity (Wildman–Crippen MR) is 118 cm³/mol. The molecular weight excluding hydrogens is 462 g/mol. The predicted octanol–water partition coefficient (Wildman–Crippen LogP) is 3.07. The molecular formula is C19H32FIN4O2. The molecule has 154 valence electrons. The fourth-order valence-corrected chi connectivity index (χ4v) is 2.16. The third-order valence-corrected chi connectivity index (χ3v) is 3.29. The summed E-state index contributed by atoms with van der Waals surface area (Å²) in [6.07, 6.45) is 0.594. The van der Waals surface area contributed by atoms with Crippen molar-refractivity contribution in [1.29, 1.82) is 0 Å². The normalized spacial score (nSPS) is 12.6. The summed E-state index contributed by atoms with van der Waals surface area (Å²) in [7, 11) is 0. The van der Waals surface area contributed by atoms with Crippen LogP contribution in [0, 0.1) is 5.82 Å². The molecule has 0 bridgehead atoms. The number of rotatable bonds is 8. The summed E-state index contributed by atoms with van der Waals surface area (Å²) in [5, 5.41) is 9.13. The van der Waals surface area contributed by atoms with Gasteiger partial charge in [0.25, 0.3) is 0 Å². The molecule has 0 saturated heterocycles. The molecule has 0 radical (unpaired) electrons. The first-order chi connectivity index (χ1) is 12.2. The first-order valence-electron chi connectivity index (χ1n) is 8.99. The van der Waals surface area contributed by atoms with Gasteiger partial charge in [-0.2, -0.15) is 0 Å². The standard InChI is InChI=1S/C19H31FN4O2.HI/c1-6-15(26-16-10-8-9-14(20)11-16)12-22-18(21-7-2)23-13-17(25)24-19(3,4)5;/h8-11,15H,6-7,12-13H2,1-5H3,(H,24,25)(H2,21,22,23);1H. The first-order valence-corrected chi connectivity index (χ1v) is 8.99. The Hall–Kier alpha value is -1.58. The van der Waals surface area contributed by atoms with Crippen LogP contribution in [0.3, 0.4) is 0 Å². The molecule has 0 fully saturated rings. The molecule has 6 nitrogen and oxygen atoms in total. The van der Waals surface area contributed by atoms with E-state index < -0.39 is 0 Å². The van der Waals surface area contributed by atoms with E-state index in [-0.39, 0.29) is 53.9 Å². The molecule has 1 aromatic carbocycles. The second-order valence-electron chi connectivity index (χ2n) is 6.98. The molecule has 1 unspecified atom stereocenters. The number of carbonyl (C=O) groups is 1. The van der Waals surface area contributed by atoms with Crippen molar-refractivity contribution in [1.82, 2.24) is 16.0 Å². The summed E-state index contributed by atoms with van der Waals surface area (Å²) >= 11 is 0. The SMILES string of the molecule is CCNC(=NCC(=O)NC(C)(C)C)NCC(CC)Oc1cccc(F)c1.I. The van der Waals surface area contributed by atoms with E-state index in [0.717, 1.165) is 6.42 Å². The third-order valence-electron chi connectivity index (χ3n) is 3.29. The molecule has 1 amide bonds. The molecule has 0 aliphatic rings. The summed E-state index contributed by atoms with van der Waals surface area (Å²) in [4.78, 5) is 16.2. The zero-order valence-corrected chi connectivity index (χ0v) is 19.1. The number of benzene rings is 1. The van der Waals surface area contributed by atoms with Gasteiger partial charge in [0.05, 0.1) is 6.54 Å². The number of nitrogens with one attached hydrogen (secondary N) is 3. The molecule has 0 saturated carbocycles. The van der Waals surface area contributed by atoms with Gasteiger partial charge in [0.2, 0.25) is 5.91 Å². The van der Waals surface area contributed by atoms with Gasteiger partial charge in [-0.15, -0.1) is 24.0 Å². The van der Waals surface area contributed by atoms with Crippen molar-refractivity contribution in [2.45, 2.75) is 52.7 Å². The molecule has 0 aliphatic carbocycles. The maximum Gasteiger partial charge on any atom is 0.242 e. The molecule has 0 spiro atoms. The Morgan fingerprint density at radius 1 is 1.26 bits per heavy atom. The first kappa shape index (κ1) is 25.4. The summed E-state index contributed by atoms with van der Waals surface area (Å²) in [5.74, 6) is 0.561. The summed E-state index contributed by atoms with van der Waals surface area (Å²) in [5.41, 5.74) is -0.287. The van der Waals surface area contributed by atoms with E-state index in [1.165, 1.54) is 12.1 Å². The van der Waals surface area contributed by atoms with Crippen LogP contribution in [0.4, 0.5) is 4.39 Å². The van der Waals surface area contributed by atoms with Gasteiger partial charge < -0.3 is 20.7 Å². The molecule has 1 rings (SSSR count). The maximum atomic E-state index is 13.3. The minimum absolute atomic E-state index is 0. The Bertz CT molecular complexity index is 606. The molecule has 1 aromatic rings. The Balaban J connectivity index is 0.00000676. The van der Waals surface area contributed by atoms with Crippen LogP contribution >= 0.6 is 24.0 Å². The summed E-state index contributed by atoms with van der Waals surface area (Å²) in [6, 6.07) is 6.08. The van der Waals surface area contributed by atoms with Gasteiger partial charge in [0, 0.05) is 18.2 Å². The number of hydrogen-bond donors (Lipinski definition) is 3. The van der Waals surface area contributed by atoms with Crippen LogP contribution < -0.4 is 20.7 Å². The molecule has 8 heteroatoms. The summed E-state index contributed by atoms with van der Waals surface area (Å²) in [6.45, 7) is 10.9. The second kappa shape index (κ2) is 12.7. The highest BCUT2D eigenvalue weighted by atomic mass is 127. The highest BCUT2D eigenvalue weighted by molar-refractivity contribution is 14.0. The van der Waals surface area contributed by atoms with Crippen LogP contribution in [-0.2, 0) is 4.79 Å². The van der Waals surface area contributed by atoms with E-state index >= 15 is 0 Å². The van der Waals surface area contributed by atoms with Crippen LogP contribution in [0.25, 0.3) is 0 Å². The monoisotopic (exact) mass is 494 g/mol. The molecule has 0 aliphatic heterocycles. The van der Waals surface area contributed by atoms with Crippen molar-refractivity contribution in [2.75, 3.05) is 19.6 Å². The van der Waals surface area contributed by atoms with E-state index in [9.17, 15) is 9.18 Å². The second-order valence-corrected chi connectivity index (χ2v) is 6.98. The fourth-order valence-electron chi connectivity index (χ4n) is 2.16. The van der Waals surface area contributed by atoms with Gasteiger partial charge >= 0.3 is 0 Å². The quantitative estimate of drug-likeness (QED) is 0.295. The van der Waals surface area contributed by atoms with E-state index in [4.69, 9.17) is 4.74 Å². The van der Waals surface area contributed by atoms with Gasteiger partial charge in [-0.25, -0.2) is 9.38 Å². The van der Waals surface area contributed by atoms with Crippen molar-refractivity contribution in [3.63, 3.8) is 0 Å². The van der Waals surface area contributed by atoms with Gasteiger partial charge in [-0.05, 0) is 46.2 Å². The van der Waals surface area contributed by atoms with Crippen molar-refractivity contribution < 1.29 is 13.9 Å². The van der Waals surface area contributed by atoms with Crippen LogP contribution in [0.2, 0.25) is 0 Å². The number of halogens is 2. The minimum atomic E-state index is -0.329. The molecule has 0 aromatic heterocycles. The zero-order valence-electron chi connectivity index (χ0n) is 16.8. The largest absolute Gasteiger partial charge is 0.489 e. The third kappa shape index (κ3) is 11.7. The molecule has 3 N–H and O–H groups in total. The summed E-state index contributed by atoms with van der Waals surface area (Å²) < 4.78 is 19.1. The lowest BCUT2D eigenvalue weighted by atomic mass is 10.1. The van der Waals surface area contributed by atoms with E-state index in [2.05, 4.69) is 20.9 Å². The molecule has 0 heterocycles. The highest BCUT2D eigenvalue weighted by Crippen LogP contribution is 2.14. The lowest BCUT2D eigenvalue weighted by molar-refractivity contribution is -0.121. The average molecular weight is 494 g/mol. The van der Waals surface area contributed by atoms with Crippen LogP contribution in [0.15, 0.2) is 29.3 Å². The van der Waals surface area contributed by atoms with Crippen LogP contribution in [0.5, 0.6) is 5.75 Å².